The Kier molecular flexibility index (Phi) is 5.36. The van der Waals surface area contributed by atoms with Crippen LogP contribution in [-0.2, 0) is 11.2 Å². The maximum absolute atomic E-state index is 6.34. The van der Waals surface area contributed by atoms with Crippen LogP contribution in [0.3, 0.4) is 0 Å². The molecule has 0 bridgehead atoms. The quantitative estimate of drug-likeness (QED) is 0.654. The van der Waals surface area contributed by atoms with Gasteiger partial charge in [-0.2, -0.15) is 4.98 Å². The van der Waals surface area contributed by atoms with E-state index in [0.717, 1.165) is 18.4 Å². The van der Waals surface area contributed by atoms with E-state index < -0.39 is 0 Å². The third-order valence-electron chi connectivity index (χ3n) is 4.45. The second-order valence-electron chi connectivity index (χ2n) is 6.62. The van der Waals surface area contributed by atoms with Gasteiger partial charge in [0.2, 0.25) is 5.88 Å². The highest BCUT2D eigenvalue weighted by atomic mass is 35.5. The predicted octanol–water partition coefficient (Wildman–Crippen LogP) is 4.24. The molecule has 0 amide bonds. The summed E-state index contributed by atoms with van der Waals surface area (Å²) in [6.07, 6.45) is 4.01. The zero-order valence-corrected chi connectivity index (χ0v) is 15.8. The van der Waals surface area contributed by atoms with Gasteiger partial charge in [-0.1, -0.05) is 46.6 Å². The number of hydrogen-bond donors (Lipinski definition) is 0. The fourth-order valence-corrected chi connectivity index (χ4v) is 3.12. The molecule has 1 saturated heterocycles. The van der Waals surface area contributed by atoms with E-state index in [9.17, 15) is 0 Å². The Morgan fingerprint density at radius 1 is 1.19 bits per heavy atom. The van der Waals surface area contributed by atoms with Crippen molar-refractivity contribution in [3.63, 3.8) is 0 Å². The van der Waals surface area contributed by atoms with E-state index in [1.54, 1.807) is 12.3 Å². The molecule has 0 radical (unpaired) electrons. The first-order valence-electron chi connectivity index (χ1n) is 8.96. The molecule has 0 aliphatic carbocycles. The van der Waals surface area contributed by atoms with E-state index in [4.69, 9.17) is 25.6 Å². The fourth-order valence-electron chi connectivity index (χ4n) is 2.91. The molecule has 1 aromatic carbocycles. The minimum Gasteiger partial charge on any atom is -0.473 e. The molecule has 27 heavy (non-hydrogen) atoms. The number of aryl methyl sites for hydroxylation is 1. The van der Waals surface area contributed by atoms with Crippen molar-refractivity contribution in [1.82, 2.24) is 15.1 Å². The molecule has 3 aromatic rings. The monoisotopic (exact) mass is 385 g/mol. The number of rotatable bonds is 5. The minimum absolute atomic E-state index is 0.0825. The summed E-state index contributed by atoms with van der Waals surface area (Å²) in [4.78, 5) is 8.78. The number of nitrogens with zero attached hydrogens (tertiary/aromatic N) is 3. The first-order valence-corrected chi connectivity index (χ1v) is 9.33. The highest BCUT2D eigenvalue weighted by Gasteiger charge is 2.19. The summed E-state index contributed by atoms with van der Waals surface area (Å²) >= 11 is 6.34. The molecule has 1 fully saturated rings. The SMILES string of the molecule is Cc1ccc(Cc2noc(-c3cnc(OC4CCOCC4)c(Cl)c3)n2)cc1. The van der Waals surface area contributed by atoms with Gasteiger partial charge in [0.15, 0.2) is 5.82 Å². The van der Waals surface area contributed by atoms with Crippen LogP contribution in [-0.4, -0.2) is 34.4 Å². The second-order valence-corrected chi connectivity index (χ2v) is 7.03. The number of hydrogen-bond acceptors (Lipinski definition) is 6. The van der Waals surface area contributed by atoms with Gasteiger partial charge in [-0.15, -0.1) is 0 Å². The summed E-state index contributed by atoms with van der Waals surface area (Å²) in [6, 6.07) is 10.00. The first-order chi connectivity index (χ1) is 13.2. The Balaban J connectivity index is 1.46. The molecule has 0 unspecified atom stereocenters. The van der Waals surface area contributed by atoms with E-state index in [0.29, 0.717) is 47.8 Å². The lowest BCUT2D eigenvalue weighted by Crippen LogP contribution is -2.26. The van der Waals surface area contributed by atoms with Gasteiger partial charge in [0.05, 0.1) is 18.8 Å². The molecule has 2 aromatic heterocycles. The van der Waals surface area contributed by atoms with Gasteiger partial charge in [0.1, 0.15) is 11.1 Å². The van der Waals surface area contributed by atoms with Crippen LogP contribution in [0.15, 0.2) is 41.1 Å². The smallest absolute Gasteiger partial charge is 0.259 e. The van der Waals surface area contributed by atoms with Crippen molar-refractivity contribution in [2.45, 2.75) is 32.3 Å². The maximum atomic E-state index is 6.34. The number of halogens is 1. The molecule has 1 aliphatic heterocycles. The predicted molar refractivity (Wildman–Crippen MR) is 101 cm³/mol. The van der Waals surface area contributed by atoms with Crippen molar-refractivity contribution in [3.8, 4) is 17.3 Å². The van der Waals surface area contributed by atoms with Crippen LogP contribution in [0.2, 0.25) is 5.02 Å². The maximum Gasteiger partial charge on any atom is 0.259 e. The van der Waals surface area contributed by atoms with Gasteiger partial charge in [-0.25, -0.2) is 4.98 Å². The van der Waals surface area contributed by atoms with Crippen molar-refractivity contribution in [2.75, 3.05) is 13.2 Å². The molecule has 0 spiro atoms. The van der Waals surface area contributed by atoms with Crippen LogP contribution in [0, 0.1) is 6.92 Å². The van der Waals surface area contributed by atoms with E-state index in [1.165, 1.54) is 5.56 Å². The van der Waals surface area contributed by atoms with Crippen LogP contribution in [0.5, 0.6) is 5.88 Å². The number of pyridine rings is 1. The van der Waals surface area contributed by atoms with E-state index in [1.807, 2.05) is 0 Å². The topological polar surface area (TPSA) is 70.3 Å². The highest BCUT2D eigenvalue weighted by Crippen LogP contribution is 2.29. The molecule has 1 aliphatic rings. The summed E-state index contributed by atoms with van der Waals surface area (Å²) in [5.74, 6) is 1.43. The van der Waals surface area contributed by atoms with Gasteiger partial charge in [-0.3, -0.25) is 0 Å². The molecule has 3 heterocycles. The standard InChI is InChI=1S/C20H20ClN3O3/c1-13-2-4-14(5-3-13)10-18-23-19(27-24-18)15-11-17(21)20(22-12-15)26-16-6-8-25-9-7-16/h2-5,11-12,16H,6-10H2,1H3. The lowest BCUT2D eigenvalue weighted by molar-refractivity contribution is 0.0238. The molecule has 140 valence electrons. The van der Waals surface area contributed by atoms with Gasteiger partial charge >= 0.3 is 0 Å². The third kappa shape index (κ3) is 4.46. The summed E-state index contributed by atoms with van der Waals surface area (Å²) < 4.78 is 16.6. The molecule has 4 rings (SSSR count). The Bertz CT molecular complexity index is 905. The largest absolute Gasteiger partial charge is 0.473 e. The van der Waals surface area contributed by atoms with E-state index >= 15 is 0 Å². The summed E-state index contributed by atoms with van der Waals surface area (Å²) in [5, 5.41) is 4.48. The van der Waals surface area contributed by atoms with Gasteiger partial charge in [0.25, 0.3) is 5.89 Å². The van der Waals surface area contributed by atoms with Crippen LogP contribution in [0.4, 0.5) is 0 Å². The van der Waals surface area contributed by atoms with E-state index in [2.05, 4.69) is 46.3 Å². The van der Waals surface area contributed by atoms with Crippen LogP contribution >= 0.6 is 11.6 Å². The average molecular weight is 386 g/mol. The summed E-state index contributed by atoms with van der Waals surface area (Å²) in [7, 11) is 0. The van der Waals surface area contributed by atoms with Crippen molar-refractivity contribution in [3.05, 3.63) is 58.5 Å². The number of aromatic nitrogens is 3. The van der Waals surface area contributed by atoms with Crippen LogP contribution < -0.4 is 4.74 Å². The number of benzene rings is 1. The van der Waals surface area contributed by atoms with Crippen molar-refractivity contribution >= 4 is 11.6 Å². The third-order valence-corrected chi connectivity index (χ3v) is 4.72. The minimum atomic E-state index is 0.0825. The van der Waals surface area contributed by atoms with Crippen molar-refractivity contribution < 1.29 is 14.0 Å². The Morgan fingerprint density at radius 3 is 2.70 bits per heavy atom. The van der Waals surface area contributed by atoms with Gasteiger partial charge in [0, 0.05) is 25.5 Å². The molecule has 7 heteroatoms. The van der Waals surface area contributed by atoms with Gasteiger partial charge < -0.3 is 14.0 Å². The molecular formula is C20H20ClN3O3. The average Bonchev–Trinajstić information content (AvgIpc) is 3.15. The molecular weight excluding hydrogens is 366 g/mol. The Hall–Kier alpha value is -2.44. The second kappa shape index (κ2) is 8.06. The zero-order chi connectivity index (χ0) is 18.6. The molecule has 0 atom stereocenters. The van der Waals surface area contributed by atoms with Gasteiger partial charge in [-0.05, 0) is 18.6 Å². The summed E-state index contributed by atoms with van der Waals surface area (Å²) in [6.45, 7) is 3.46. The Morgan fingerprint density at radius 2 is 1.96 bits per heavy atom. The molecule has 6 nitrogen and oxygen atoms in total. The van der Waals surface area contributed by atoms with Crippen molar-refractivity contribution in [2.24, 2.45) is 0 Å². The zero-order valence-electron chi connectivity index (χ0n) is 15.0. The molecule has 0 N–H and O–H groups in total. The first kappa shape index (κ1) is 17.9. The van der Waals surface area contributed by atoms with Crippen LogP contribution in [0.25, 0.3) is 11.5 Å². The number of ether oxygens (including phenoxy) is 2. The van der Waals surface area contributed by atoms with Crippen molar-refractivity contribution in [1.29, 1.82) is 0 Å². The van der Waals surface area contributed by atoms with E-state index in [-0.39, 0.29) is 6.10 Å². The normalized spacial score (nSPS) is 15.0. The Labute approximate surface area is 162 Å². The fraction of sp³-hybridized carbons (Fsp3) is 0.350. The molecule has 0 saturated carbocycles. The lowest BCUT2D eigenvalue weighted by Gasteiger charge is -2.23. The highest BCUT2D eigenvalue weighted by molar-refractivity contribution is 6.32. The van der Waals surface area contributed by atoms with Crippen LogP contribution in [0.1, 0.15) is 29.8 Å². The lowest BCUT2D eigenvalue weighted by atomic mass is 10.1. The summed E-state index contributed by atoms with van der Waals surface area (Å²) in [5.41, 5.74) is 3.02.